The quantitative estimate of drug-likeness (QED) is 0.431. The smallest absolute Gasteiger partial charge is 0.329 e. The number of aromatic amines is 1. The van der Waals surface area contributed by atoms with E-state index >= 15 is 0 Å². The number of nitrogens with zero attached hydrogens (tertiary/aromatic N) is 4. The van der Waals surface area contributed by atoms with Gasteiger partial charge in [0.1, 0.15) is 18.5 Å². The Labute approximate surface area is 208 Å². The van der Waals surface area contributed by atoms with Crippen LogP contribution in [0.4, 0.5) is 5.95 Å². The van der Waals surface area contributed by atoms with E-state index in [1.807, 2.05) is 12.1 Å². The molecule has 1 aliphatic heterocycles. The highest BCUT2D eigenvalue weighted by Crippen LogP contribution is 2.36. The van der Waals surface area contributed by atoms with E-state index in [-0.39, 0.29) is 18.7 Å². The molecule has 2 N–H and O–H groups in total. The second-order valence-electron chi connectivity index (χ2n) is 7.72. The predicted molar refractivity (Wildman–Crippen MR) is 133 cm³/mol. The van der Waals surface area contributed by atoms with Gasteiger partial charge < -0.3 is 19.3 Å². The fourth-order valence-electron chi connectivity index (χ4n) is 3.84. The number of hydrogen-bond acceptors (Lipinski definition) is 6. The van der Waals surface area contributed by atoms with Crippen molar-refractivity contribution in [2.24, 2.45) is 7.05 Å². The molecular weight excluding hydrogens is 614 g/mol. The molecule has 1 atom stereocenters. The van der Waals surface area contributed by atoms with Crippen LogP contribution in [0.25, 0.3) is 11.2 Å². The molecule has 1 aromatic carbocycles. The fourth-order valence-corrected chi connectivity index (χ4v) is 6.33. The number of aryl methyl sites for hydroxylation is 1. The van der Waals surface area contributed by atoms with E-state index in [0.29, 0.717) is 17.3 Å². The summed E-state index contributed by atoms with van der Waals surface area (Å²) in [6.45, 7) is 1.71. The molecule has 0 aliphatic carbocycles. The van der Waals surface area contributed by atoms with Crippen molar-refractivity contribution in [3.05, 3.63) is 46.4 Å². The molecule has 0 amide bonds. The van der Waals surface area contributed by atoms with Crippen LogP contribution in [-0.2, 0) is 13.6 Å². The van der Waals surface area contributed by atoms with Crippen molar-refractivity contribution < 1.29 is 9.84 Å². The first-order valence-corrected chi connectivity index (χ1v) is 12.5. The molecule has 32 heavy (non-hydrogen) atoms. The maximum atomic E-state index is 12.7. The third-order valence-corrected chi connectivity index (χ3v) is 7.04. The Balaban J connectivity index is 1.66. The molecule has 12 heteroatoms. The van der Waals surface area contributed by atoms with E-state index in [2.05, 4.69) is 62.7 Å². The first kappa shape index (κ1) is 23.5. The number of hydrogen-bond donors (Lipinski definition) is 2. The largest absolute Gasteiger partial charge is 0.488 e. The second-order valence-corrected chi connectivity index (χ2v) is 10.3. The zero-order chi connectivity index (χ0) is 23.0. The summed E-state index contributed by atoms with van der Waals surface area (Å²) in [7, 11) is 1.57. The number of piperidine rings is 1. The maximum absolute atomic E-state index is 12.7. The highest BCUT2D eigenvalue weighted by atomic mass is 79.9. The van der Waals surface area contributed by atoms with Crippen molar-refractivity contribution in [1.29, 1.82) is 0 Å². The Kier molecular flexibility index (Phi) is 7.13. The number of H-pyrrole nitrogens is 1. The first-order chi connectivity index (χ1) is 15.3. The summed E-state index contributed by atoms with van der Waals surface area (Å²) in [4.78, 5) is 33.8. The molecule has 4 rings (SSSR count). The van der Waals surface area contributed by atoms with E-state index < -0.39 is 17.4 Å². The van der Waals surface area contributed by atoms with Crippen molar-refractivity contribution >= 4 is 64.9 Å². The molecule has 0 spiro atoms. The maximum Gasteiger partial charge on any atom is 0.329 e. The van der Waals surface area contributed by atoms with Gasteiger partial charge in [0.2, 0.25) is 5.95 Å². The van der Waals surface area contributed by atoms with Crippen molar-refractivity contribution in [3.8, 4) is 5.75 Å². The molecule has 1 fully saturated rings. The molecular formula is C20H22Br3N5O4. The molecule has 0 saturated carbocycles. The normalized spacial score (nSPS) is 15.3. The number of aliphatic hydroxyl groups is 1. The van der Waals surface area contributed by atoms with Gasteiger partial charge in [0.25, 0.3) is 5.56 Å². The lowest BCUT2D eigenvalue weighted by molar-refractivity contribution is 0.0928. The topological polar surface area (TPSA) is 105 Å². The van der Waals surface area contributed by atoms with Crippen molar-refractivity contribution in [2.45, 2.75) is 31.9 Å². The number of halogens is 3. The van der Waals surface area contributed by atoms with Crippen LogP contribution in [0.2, 0.25) is 0 Å². The minimum absolute atomic E-state index is 0.00160. The third-order valence-electron chi connectivity index (χ3n) is 5.40. The molecule has 2 aromatic heterocycles. The van der Waals surface area contributed by atoms with Gasteiger partial charge in [-0.1, -0.05) is 15.9 Å². The van der Waals surface area contributed by atoms with Crippen molar-refractivity contribution in [3.63, 3.8) is 0 Å². The SMILES string of the molecule is Cn1c(=O)[nH]c(=O)c2c1nc(N1CCCCC1)n2CC(O)COc1c(Br)cc(Br)cc1Br. The number of aliphatic hydroxyl groups excluding tert-OH is 1. The highest BCUT2D eigenvalue weighted by molar-refractivity contribution is 9.11. The number of rotatable bonds is 6. The highest BCUT2D eigenvalue weighted by Gasteiger charge is 2.24. The minimum atomic E-state index is -0.921. The number of fused-ring (bicyclic) bond motifs is 1. The number of benzene rings is 1. The molecule has 9 nitrogen and oxygen atoms in total. The summed E-state index contributed by atoms with van der Waals surface area (Å²) in [5.41, 5.74) is -0.486. The van der Waals surface area contributed by atoms with Crippen LogP contribution in [0.5, 0.6) is 5.75 Å². The predicted octanol–water partition coefficient (Wildman–Crippen LogP) is 3.14. The van der Waals surface area contributed by atoms with Gasteiger partial charge in [0.05, 0.1) is 15.5 Å². The van der Waals surface area contributed by atoms with E-state index in [1.165, 1.54) is 4.57 Å². The summed E-state index contributed by atoms with van der Waals surface area (Å²) >= 11 is 10.3. The van der Waals surface area contributed by atoms with Crippen molar-refractivity contribution in [1.82, 2.24) is 19.1 Å². The lowest BCUT2D eigenvalue weighted by atomic mass is 10.1. The Hall–Kier alpha value is -1.63. The van der Waals surface area contributed by atoms with Crippen molar-refractivity contribution in [2.75, 3.05) is 24.6 Å². The van der Waals surface area contributed by atoms with Gasteiger partial charge in [-0.05, 0) is 63.3 Å². The van der Waals surface area contributed by atoms with Crippen LogP contribution in [-0.4, -0.2) is 50.0 Å². The van der Waals surface area contributed by atoms with Crippen LogP contribution >= 0.6 is 47.8 Å². The number of anilines is 1. The first-order valence-electron chi connectivity index (χ1n) is 10.2. The van der Waals surface area contributed by atoms with Gasteiger partial charge in [0, 0.05) is 24.6 Å². The monoisotopic (exact) mass is 633 g/mol. The number of aromatic nitrogens is 4. The van der Waals surface area contributed by atoms with Crippen LogP contribution in [0.1, 0.15) is 19.3 Å². The average Bonchev–Trinajstić information content (AvgIpc) is 3.11. The summed E-state index contributed by atoms with van der Waals surface area (Å²) in [5.74, 6) is 1.15. The third kappa shape index (κ3) is 4.68. The molecule has 3 heterocycles. The van der Waals surface area contributed by atoms with Crippen LogP contribution < -0.4 is 20.9 Å². The van der Waals surface area contributed by atoms with Crippen LogP contribution in [0.15, 0.2) is 35.1 Å². The van der Waals surface area contributed by atoms with Gasteiger partial charge in [-0.3, -0.25) is 14.3 Å². The average molecular weight is 636 g/mol. The Morgan fingerprint density at radius 2 is 1.81 bits per heavy atom. The summed E-state index contributed by atoms with van der Waals surface area (Å²) < 4.78 is 11.2. The molecule has 0 radical (unpaired) electrons. The Morgan fingerprint density at radius 3 is 2.47 bits per heavy atom. The minimum Gasteiger partial charge on any atom is -0.488 e. The summed E-state index contributed by atoms with van der Waals surface area (Å²) in [5, 5.41) is 10.8. The van der Waals surface area contributed by atoms with E-state index in [4.69, 9.17) is 4.74 Å². The molecule has 1 unspecified atom stereocenters. The lowest BCUT2D eigenvalue weighted by Crippen LogP contribution is -2.34. The Bertz CT molecular complexity index is 1240. The zero-order valence-electron chi connectivity index (χ0n) is 17.3. The van der Waals surface area contributed by atoms with E-state index in [1.54, 1.807) is 11.6 Å². The van der Waals surface area contributed by atoms with Crippen LogP contribution in [0.3, 0.4) is 0 Å². The molecule has 1 aliphatic rings. The second kappa shape index (κ2) is 9.70. The number of imidazole rings is 1. The van der Waals surface area contributed by atoms with Gasteiger partial charge in [-0.25, -0.2) is 4.79 Å². The molecule has 3 aromatic rings. The Morgan fingerprint density at radius 1 is 1.16 bits per heavy atom. The lowest BCUT2D eigenvalue weighted by Gasteiger charge is -2.28. The molecule has 172 valence electrons. The standard InChI is InChI=1S/C20H22Br3N5O4/c1-26-17-15(18(30)25-20(26)31)28(19(24-17)27-5-3-2-4-6-27)9-12(29)10-32-16-13(22)7-11(21)8-14(16)23/h7-8,12,29H,2-6,9-10H2,1H3,(H,25,30,31). The van der Waals surface area contributed by atoms with Gasteiger partial charge >= 0.3 is 5.69 Å². The molecule has 0 bridgehead atoms. The number of ether oxygens (including phenoxy) is 1. The van der Waals surface area contributed by atoms with Gasteiger partial charge in [-0.2, -0.15) is 4.98 Å². The summed E-state index contributed by atoms with van der Waals surface area (Å²) in [6, 6.07) is 3.70. The zero-order valence-corrected chi connectivity index (χ0v) is 22.0. The van der Waals surface area contributed by atoms with Gasteiger partial charge in [0.15, 0.2) is 11.2 Å². The van der Waals surface area contributed by atoms with E-state index in [0.717, 1.165) is 45.8 Å². The fraction of sp³-hybridized carbons (Fsp3) is 0.450. The summed E-state index contributed by atoms with van der Waals surface area (Å²) in [6.07, 6.45) is 2.27. The number of nitrogens with one attached hydrogen (secondary N) is 1. The van der Waals surface area contributed by atoms with E-state index in [9.17, 15) is 14.7 Å². The van der Waals surface area contributed by atoms with Gasteiger partial charge in [-0.15, -0.1) is 0 Å². The molecule has 1 saturated heterocycles. The van der Waals surface area contributed by atoms with Crippen LogP contribution in [0, 0.1) is 0 Å².